The highest BCUT2D eigenvalue weighted by Crippen LogP contribution is 2.05. The van der Waals surface area contributed by atoms with Crippen molar-refractivity contribution in [2.75, 3.05) is 27.2 Å². The Hall–Kier alpha value is -1.79. The first-order valence-corrected chi connectivity index (χ1v) is 5.17. The van der Waals surface area contributed by atoms with Gasteiger partial charge in [0.2, 0.25) is 0 Å². The van der Waals surface area contributed by atoms with Gasteiger partial charge in [-0.15, -0.1) is 0 Å². The van der Waals surface area contributed by atoms with Crippen molar-refractivity contribution in [2.45, 2.75) is 0 Å². The first-order valence-electron chi connectivity index (χ1n) is 5.17. The lowest BCUT2D eigenvalue weighted by Gasteiger charge is -2.19. The maximum atomic E-state index is 11.9. The minimum absolute atomic E-state index is 0.109. The molecule has 0 saturated carbocycles. The molecule has 1 heterocycles. The molecule has 1 amide bonds. The quantitative estimate of drug-likeness (QED) is 0.331. The van der Waals surface area contributed by atoms with Crippen LogP contribution in [0.3, 0.4) is 0 Å². The predicted molar refractivity (Wildman–Crippen MR) is 63.4 cm³/mol. The smallest absolute Gasteiger partial charge is 0.270 e. The molecule has 6 nitrogen and oxygen atoms in total. The average Bonchev–Trinajstić information content (AvgIpc) is 2.34. The number of hydrogen-bond donors (Lipinski definition) is 1. The first kappa shape index (κ1) is 13.3. The first-order chi connectivity index (χ1) is 8.06. The van der Waals surface area contributed by atoms with Gasteiger partial charge in [0.15, 0.2) is 6.29 Å². The van der Waals surface area contributed by atoms with Crippen LogP contribution < -0.4 is 5.84 Å². The number of nitrogens with two attached hydrogens (primary N) is 1. The van der Waals surface area contributed by atoms with Gasteiger partial charge in [-0.25, -0.2) is 5.84 Å². The van der Waals surface area contributed by atoms with E-state index in [2.05, 4.69) is 4.98 Å². The molecule has 92 valence electrons. The van der Waals surface area contributed by atoms with Crippen molar-refractivity contribution < 1.29 is 9.59 Å². The molecule has 0 aliphatic carbocycles. The van der Waals surface area contributed by atoms with Gasteiger partial charge in [0, 0.05) is 12.7 Å². The van der Waals surface area contributed by atoms with E-state index in [1.54, 1.807) is 6.07 Å². The van der Waals surface area contributed by atoms with E-state index in [4.69, 9.17) is 5.84 Å². The second kappa shape index (κ2) is 6.07. The Bertz CT molecular complexity index is 406. The van der Waals surface area contributed by atoms with Gasteiger partial charge < -0.3 is 4.90 Å². The van der Waals surface area contributed by atoms with E-state index >= 15 is 0 Å². The molecular weight excluding hydrogens is 220 g/mol. The molecule has 17 heavy (non-hydrogen) atoms. The molecule has 0 aliphatic rings. The van der Waals surface area contributed by atoms with Crippen molar-refractivity contribution in [3.63, 3.8) is 0 Å². The molecule has 0 radical (unpaired) electrons. The number of likely N-dealkylation sites (N-methyl/N-ethyl adjacent to an activating group) is 1. The summed E-state index contributed by atoms with van der Waals surface area (Å²) in [7, 11) is 3.78. The minimum atomic E-state index is -0.401. The maximum absolute atomic E-state index is 11.9. The summed E-state index contributed by atoms with van der Waals surface area (Å²) >= 11 is 0. The van der Waals surface area contributed by atoms with Gasteiger partial charge in [-0.2, -0.15) is 0 Å². The third kappa shape index (κ3) is 3.61. The standard InChI is InChI=1S/C11H16N4O2/c1-14(2)6-7-15(12)11(17)9-4-3-5-13-10(9)8-16/h3-5,8H,6-7,12H2,1-2H3. The molecule has 1 rings (SSSR count). The molecule has 0 aromatic carbocycles. The van der Waals surface area contributed by atoms with Crippen LogP contribution in [0.2, 0.25) is 0 Å². The average molecular weight is 236 g/mol. The molecule has 0 atom stereocenters. The Morgan fingerprint density at radius 3 is 2.76 bits per heavy atom. The summed E-state index contributed by atoms with van der Waals surface area (Å²) < 4.78 is 0. The molecule has 0 aliphatic heterocycles. The predicted octanol–water partition coefficient (Wildman–Crippen LogP) is -0.228. The van der Waals surface area contributed by atoms with Crippen LogP contribution in [0.5, 0.6) is 0 Å². The Morgan fingerprint density at radius 1 is 1.47 bits per heavy atom. The Kier molecular flexibility index (Phi) is 4.74. The normalized spacial score (nSPS) is 10.4. The molecule has 0 saturated heterocycles. The van der Waals surface area contributed by atoms with Crippen LogP contribution >= 0.6 is 0 Å². The van der Waals surface area contributed by atoms with Crippen LogP contribution in [0.25, 0.3) is 0 Å². The SMILES string of the molecule is CN(C)CCN(N)C(=O)c1cccnc1C=O. The number of rotatable bonds is 5. The summed E-state index contributed by atoms with van der Waals surface area (Å²) in [5, 5.41) is 1.09. The number of nitrogens with zero attached hydrogens (tertiary/aromatic N) is 3. The number of amides is 1. The highest BCUT2D eigenvalue weighted by atomic mass is 16.2. The van der Waals surface area contributed by atoms with E-state index in [1.807, 2.05) is 19.0 Å². The third-order valence-electron chi connectivity index (χ3n) is 2.23. The lowest BCUT2D eigenvalue weighted by atomic mass is 10.2. The number of aldehydes is 1. The summed E-state index contributed by atoms with van der Waals surface area (Å²) in [5.74, 6) is 5.23. The van der Waals surface area contributed by atoms with Gasteiger partial charge in [-0.3, -0.25) is 19.6 Å². The zero-order chi connectivity index (χ0) is 12.8. The van der Waals surface area contributed by atoms with Gasteiger partial charge in [-0.05, 0) is 26.2 Å². The monoisotopic (exact) mass is 236 g/mol. The van der Waals surface area contributed by atoms with Crippen LogP contribution in [0.1, 0.15) is 20.8 Å². The summed E-state index contributed by atoms with van der Waals surface area (Å²) in [5.41, 5.74) is 0.335. The van der Waals surface area contributed by atoms with Gasteiger partial charge in [0.1, 0.15) is 5.69 Å². The maximum Gasteiger partial charge on any atom is 0.270 e. The van der Waals surface area contributed by atoms with E-state index in [0.717, 1.165) is 5.01 Å². The Morgan fingerprint density at radius 2 is 2.18 bits per heavy atom. The Labute approximate surface area is 100.0 Å². The summed E-state index contributed by atoms with van der Waals surface area (Å²) in [6.07, 6.45) is 2.01. The third-order valence-corrected chi connectivity index (χ3v) is 2.23. The molecule has 2 N–H and O–H groups in total. The molecule has 6 heteroatoms. The number of aromatic nitrogens is 1. The Balaban J connectivity index is 2.78. The van der Waals surface area contributed by atoms with Crippen LogP contribution in [0.15, 0.2) is 18.3 Å². The van der Waals surface area contributed by atoms with E-state index in [9.17, 15) is 9.59 Å². The van der Waals surface area contributed by atoms with Crippen LogP contribution in [-0.2, 0) is 0 Å². The number of hydrogen-bond acceptors (Lipinski definition) is 5. The highest BCUT2D eigenvalue weighted by Gasteiger charge is 2.16. The van der Waals surface area contributed by atoms with Crippen LogP contribution in [0, 0.1) is 0 Å². The topological polar surface area (TPSA) is 79.5 Å². The fourth-order valence-corrected chi connectivity index (χ4v) is 1.26. The van der Waals surface area contributed by atoms with E-state index in [1.165, 1.54) is 12.3 Å². The van der Waals surface area contributed by atoms with Crippen molar-refractivity contribution in [3.05, 3.63) is 29.6 Å². The molecule has 0 fully saturated rings. The lowest BCUT2D eigenvalue weighted by molar-refractivity contribution is 0.0741. The number of hydrazine groups is 1. The molecule has 1 aromatic rings. The number of carbonyl (C=O) groups excluding carboxylic acids is 2. The fraction of sp³-hybridized carbons (Fsp3) is 0.364. The molecule has 0 spiro atoms. The van der Waals surface area contributed by atoms with E-state index < -0.39 is 5.91 Å². The fourth-order valence-electron chi connectivity index (χ4n) is 1.26. The van der Waals surface area contributed by atoms with E-state index in [0.29, 0.717) is 19.4 Å². The van der Waals surface area contributed by atoms with Gasteiger partial charge in [0.25, 0.3) is 5.91 Å². The van der Waals surface area contributed by atoms with Crippen molar-refractivity contribution in [2.24, 2.45) is 5.84 Å². The van der Waals surface area contributed by atoms with Crippen molar-refractivity contribution >= 4 is 12.2 Å². The summed E-state index contributed by atoms with van der Waals surface area (Å²) in [4.78, 5) is 28.4. The van der Waals surface area contributed by atoms with Gasteiger partial charge in [0.05, 0.1) is 12.1 Å². The van der Waals surface area contributed by atoms with Crippen molar-refractivity contribution in [1.29, 1.82) is 0 Å². The second-order valence-electron chi connectivity index (χ2n) is 3.86. The zero-order valence-corrected chi connectivity index (χ0v) is 9.96. The van der Waals surface area contributed by atoms with Crippen LogP contribution in [-0.4, -0.2) is 54.3 Å². The highest BCUT2D eigenvalue weighted by molar-refractivity contribution is 6.00. The van der Waals surface area contributed by atoms with Crippen molar-refractivity contribution in [3.8, 4) is 0 Å². The number of carbonyl (C=O) groups is 2. The van der Waals surface area contributed by atoms with Crippen molar-refractivity contribution in [1.82, 2.24) is 14.9 Å². The molecular formula is C11H16N4O2. The summed E-state index contributed by atoms with van der Waals surface area (Å²) in [6, 6.07) is 3.13. The number of pyridine rings is 1. The van der Waals surface area contributed by atoms with Gasteiger partial charge >= 0.3 is 0 Å². The zero-order valence-electron chi connectivity index (χ0n) is 9.96. The second-order valence-corrected chi connectivity index (χ2v) is 3.86. The molecule has 1 aromatic heterocycles. The molecule has 0 unspecified atom stereocenters. The van der Waals surface area contributed by atoms with Gasteiger partial charge in [-0.1, -0.05) is 0 Å². The lowest BCUT2D eigenvalue weighted by Crippen LogP contribution is -2.42. The van der Waals surface area contributed by atoms with Crippen LogP contribution in [0.4, 0.5) is 0 Å². The minimum Gasteiger partial charge on any atom is -0.308 e. The summed E-state index contributed by atoms with van der Waals surface area (Å²) in [6.45, 7) is 1.04. The molecule has 0 bridgehead atoms. The largest absolute Gasteiger partial charge is 0.308 e. The van der Waals surface area contributed by atoms with E-state index in [-0.39, 0.29) is 11.3 Å².